The summed E-state index contributed by atoms with van der Waals surface area (Å²) in [7, 11) is 0. The molecule has 0 spiro atoms. The van der Waals surface area contributed by atoms with Gasteiger partial charge in [-0.1, -0.05) is 0 Å². The largest absolute Gasteiger partial charge is 0.325 e. The van der Waals surface area contributed by atoms with Crippen molar-refractivity contribution in [2.24, 2.45) is 5.73 Å². The zero-order chi connectivity index (χ0) is 9.73. The maximum absolute atomic E-state index is 5.88. The van der Waals surface area contributed by atoms with Crippen LogP contribution in [-0.4, -0.2) is 17.0 Å². The summed E-state index contributed by atoms with van der Waals surface area (Å²) in [5.41, 5.74) is 7.30. The van der Waals surface area contributed by atoms with Crippen molar-refractivity contribution in [2.45, 2.75) is 25.8 Å². The highest BCUT2D eigenvalue weighted by Gasteiger charge is 2.09. The van der Waals surface area contributed by atoms with Gasteiger partial charge < -0.3 is 5.73 Å². The molecule has 0 amide bonds. The predicted octanol–water partition coefficient (Wildman–Crippen LogP) is 2.76. The molecule has 1 nitrogen and oxygen atoms in total. The minimum absolute atomic E-state index is 0.0285. The summed E-state index contributed by atoms with van der Waals surface area (Å²) >= 11 is 3.71. The molecule has 1 rings (SSSR count). The van der Waals surface area contributed by atoms with Crippen LogP contribution >= 0.6 is 23.1 Å². The van der Waals surface area contributed by atoms with Crippen molar-refractivity contribution in [3.63, 3.8) is 0 Å². The highest BCUT2D eigenvalue weighted by atomic mass is 32.2. The van der Waals surface area contributed by atoms with E-state index in [1.54, 1.807) is 11.3 Å². The number of hydrogen-bond donors (Lipinski definition) is 1. The molecule has 74 valence electrons. The van der Waals surface area contributed by atoms with Gasteiger partial charge in [-0.15, -0.1) is 0 Å². The first-order valence-corrected chi connectivity index (χ1v) is 6.55. The van der Waals surface area contributed by atoms with E-state index in [4.69, 9.17) is 5.73 Å². The van der Waals surface area contributed by atoms with Crippen LogP contribution in [-0.2, 0) is 6.42 Å². The van der Waals surface area contributed by atoms with Crippen molar-refractivity contribution >= 4 is 23.1 Å². The van der Waals surface area contributed by atoms with E-state index in [0.29, 0.717) is 0 Å². The molecule has 3 heteroatoms. The molecule has 0 unspecified atom stereocenters. The first-order chi connectivity index (χ1) is 6.08. The van der Waals surface area contributed by atoms with E-state index in [1.165, 1.54) is 17.7 Å². The summed E-state index contributed by atoms with van der Waals surface area (Å²) in [6, 6.07) is 2.19. The van der Waals surface area contributed by atoms with Crippen molar-refractivity contribution < 1.29 is 0 Å². The van der Waals surface area contributed by atoms with E-state index < -0.39 is 0 Å². The fraction of sp³-hybridized carbons (Fsp3) is 0.600. The minimum atomic E-state index is -0.0285. The van der Waals surface area contributed by atoms with Crippen LogP contribution in [0.15, 0.2) is 16.8 Å². The smallest absolute Gasteiger partial charge is 0.0188 e. The molecule has 0 aliphatic rings. The third-order valence-corrected chi connectivity index (χ3v) is 3.76. The van der Waals surface area contributed by atoms with E-state index in [0.717, 1.165) is 5.75 Å². The van der Waals surface area contributed by atoms with Gasteiger partial charge in [-0.25, -0.2) is 0 Å². The van der Waals surface area contributed by atoms with Crippen molar-refractivity contribution in [3.05, 3.63) is 22.4 Å². The van der Waals surface area contributed by atoms with Crippen LogP contribution in [0.4, 0.5) is 0 Å². The molecule has 2 N–H and O–H groups in total. The lowest BCUT2D eigenvalue weighted by Gasteiger charge is -2.17. The van der Waals surface area contributed by atoms with Crippen LogP contribution in [0.25, 0.3) is 0 Å². The Labute approximate surface area is 88.7 Å². The second-order valence-electron chi connectivity index (χ2n) is 3.92. The second-order valence-corrected chi connectivity index (χ2v) is 5.81. The molecule has 0 fully saturated rings. The van der Waals surface area contributed by atoms with Gasteiger partial charge in [-0.3, -0.25) is 0 Å². The Bertz CT molecular complexity index is 224. The quantitative estimate of drug-likeness (QED) is 0.764. The van der Waals surface area contributed by atoms with Crippen LogP contribution < -0.4 is 5.73 Å². The van der Waals surface area contributed by atoms with Crippen LogP contribution in [0.1, 0.15) is 19.4 Å². The molecule has 0 aromatic carbocycles. The Morgan fingerprint density at radius 1 is 1.54 bits per heavy atom. The topological polar surface area (TPSA) is 26.0 Å². The van der Waals surface area contributed by atoms with Gasteiger partial charge in [0.05, 0.1) is 0 Å². The number of nitrogens with two attached hydrogens (primary N) is 1. The first-order valence-electron chi connectivity index (χ1n) is 4.46. The normalized spacial score (nSPS) is 11.9. The Hall–Kier alpha value is 0.01000. The van der Waals surface area contributed by atoms with Crippen LogP contribution in [0.5, 0.6) is 0 Å². The molecular weight excluding hydrogens is 198 g/mol. The van der Waals surface area contributed by atoms with E-state index in [9.17, 15) is 0 Å². The average molecular weight is 215 g/mol. The molecule has 1 aromatic heterocycles. The maximum atomic E-state index is 5.88. The molecule has 0 aliphatic carbocycles. The Kier molecular flexibility index (Phi) is 4.29. The lowest BCUT2D eigenvalue weighted by molar-refractivity contribution is 0.591. The summed E-state index contributed by atoms with van der Waals surface area (Å²) in [5, 5.41) is 4.35. The van der Waals surface area contributed by atoms with Crippen molar-refractivity contribution in [1.82, 2.24) is 0 Å². The van der Waals surface area contributed by atoms with Gasteiger partial charge >= 0.3 is 0 Å². The Balaban J connectivity index is 2.09. The highest BCUT2D eigenvalue weighted by Crippen LogP contribution is 2.13. The molecule has 1 aromatic rings. The number of aryl methyl sites for hydroxylation is 1. The van der Waals surface area contributed by atoms with E-state index in [1.807, 2.05) is 11.8 Å². The Morgan fingerprint density at radius 2 is 2.31 bits per heavy atom. The third kappa shape index (κ3) is 5.34. The number of thioether (sulfide) groups is 1. The fourth-order valence-electron chi connectivity index (χ4n) is 0.960. The van der Waals surface area contributed by atoms with Gasteiger partial charge in [0.1, 0.15) is 0 Å². The van der Waals surface area contributed by atoms with Crippen molar-refractivity contribution in [3.8, 4) is 0 Å². The summed E-state index contributed by atoms with van der Waals surface area (Å²) < 4.78 is 0. The zero-order valence-corrected chi connectivity index (χ0v) is 9.88. The summed E-state index contributed by atoms with van der Waals surface area (Å²) in [4.78, 5) is 0. The Morgan fingerprint density at radius 3 is 2.85 bits per heavy atom. The van der Waals surface area contributed by atoms with Gasteiger partial charge in [-0.05, 0) is 48.4 Å². The fourth-order valence-corrected chi connectivity index (χ4v) is 2.71. The van der Waals surface area contributed by atoms with Crippen LogP contribution in [0.3, 0.4) is 0 Å². The molecule has 0 atom stereocenters. The van der Waals surface area contributed by atoms with E-state index in [-0.39, 0.29) is 5.54 Å². The van der Waals surface area contributed by atoms with Crippen LogP contribution in [0, 0.1) is 0 Å². The molecular formula is C10H17NS2. The van der Waals surface area contributed by atoms with Gasteiger partial charge in [-0.2, -0.15) is 23.1 Å². The van der Waals surface area contributed by atoms with E-state index in [2.05, 4.69) is 30.7 Å². The summed E-state index contributed by atoms with van der Waals surface area (Å²) in [6.07, 6.45) is 1.17. The lowest BCUT2D eigenvalue weighted by atomic mass is 10.1. The molecule has 0 bridgehead atoms. The second kappa shape index (κ2) is 5.03. The zero-order valence-electron chi connectivity index (χ0n) is 8.25. The SMILES string of the molecule is CC(C)(N)CSCCc1ccsc1. The summed E-state index contributed by atoms with van der Waals surface area (Å²) in [5.74, 6) is 2.22. The molecule has 0 saturated heterocycles. The number of hydrogen-bond acceptors (Lipinski definition) is 3. The van der Waals surface area contributed by atoms with Crippen molar-refractivity contribution in [2.75, 3.05) is 11.5 Å². The lowest BCUT2D eigenvalue weighted by Crippen LogP contribution is -2.34. The molecule has 1 heterocycles. The molecule has 0 radical (unpaired) electrons. The van der Waals surface area contributed by atoms with Gasteiger partial charge in [0, 0.05) is 11.3 Å². The van der Waals surface area contributed by atoms with Gasteiger partial charge in [0.25, 0.3) is 0 Å². The molecule has 13 heavy (non-hydrogen) atoms. The molecule has 0 aliphatic heterocycles. The first kappa shape index (κ1) is 11.1. The monoisotopic (exact) mass is 215 g/mol. The predicted molar refractivity (Wildman–Crippen MR) is 63.6 cm³/mol. The van der Waals surface area contributed by atoms with Gasteiger partial charge in [0.2, 0.25) is 0 Å². The molecule has 0 saturated carbocycles. The maximum Gasteiger partial charge on any atom is 0.0188 e. The highest BCUT2D eigenvalue weighted by molar-refractivity contribution is 7.99. The van der Waals surface area contributed by atoms with Crippen molar-refractivity contribution in [1.29, 1.82) is 0 Å². The van der Waals surface area contributed by atoms with Gasteiger partial charge in [0.15, 0.2) is 0 Å². The standard InChI is InChI=1S/C10H17NS2/c1-10(2,11)8-13-6-4-9-3-5-12-7-9/h3,5,7H,4,6,8,11H2,1-2H3. The third-order valence-electron chi connectivity index (χ3n) is 1.59. The van der Waals surface area contributed by atoms with Crippen LogP contribution in [0.2, 0.25) is 0 Å². The number of rotatable bonds is 5. The van der Waals surface area contributed by atoms with E-state index >= 15 is 0 Å². The number of thiophene rings is 1. The minimum Gasteiger partial charge on any atom is -0.325 e. The summed E-state index contributed by atoms with van der Waals surface area (Å²) in [6.45, 7) is 4.15. The average Bonchev–Trinajstić information content (AvgIpc) is 2.48.